The van der Waals surface area contributed by atoms with E-state index in [1.165, 1.54) is 31.4 Å². The molecule has 0 amide bonds. The van der Waals surface area contributed by atoms with E-state index < -0.39 is 0 Å². The van der Waals surface area contributed by atoms with Crippen LogP contribution in [0.1, 0.15) is 44.7 Å². The molecule has 3 aromatic heterocycles. The van der Waals surface area contributed by atoms with Gasteiger partial charge in [-0.25, -0.2) is 15.0 Å². The predicted molar refractivity (Wildman–Crippen MR) is 141 cm³/mol. The van der Waals surface area contributed by atoms with E-state index in [4.69, 9.17) is 4.98 Å². The Morgan fingerprint density at radius 3 is 2.71 bits per heavy atom. The molecule has 0 aliphatic carbocycles. The predicted octanol–water partition coefficient (Wildman–Crippen LogP) is 5.03. The van der Waals surface area contributed by atoms with Crippen LogP contribution >= 0.6 is 0 Å². The first kappa shape index (κ1) is 22.0. The molecule has 1 unspecified atom stereocenters. The average molecular weight is 468 g/mol. The molecule has 180 valence electrons. The van der Waals surface area contributed by atoms with Crippen LogP contribution in [-0.4, -0.2) is 56.0 Å². The minimum Gasteiger partial charge on any atom is -0.364 e. The molecule has 5 heterocycles. The Morgan fingerprint density at radius 2 is 1.91 bits per heavy atom. The molecule has 7 nitrogen and oxygen atoms in total. The van der Waals surface area contributed by atoms with E-state index in [-0.39, 0.29) is 6.04 Å². The van der Waals surface area contributed by atoms with Crippen LogP contribution in [0.15, 0.2) is 67.1 Å². The van der Waals surface area contributed by atoms with Gasteiger partial charge in [0.1, 0.15) is 11.5 Å². The third-order valence-electron chi connectivity index (χ3n) is 7.50. The summed E-state index contributed by atoms with van der Waals surface area (Å²) in [6, 6.07) is 18.0. The number of rotatable bonds is 8. The zero-order chi connectivity index (χ0) is 23.8. The Morgan fingerprint density at radius 1 is 1.03 bits per heavy atom. The number of piperazine rings is 1. The third-order valence-corrected chi connectivity index (χ3v) is 7.50. The lowest BCUT2D eigenvalue weighted by atomic mass is 10.1. The molecular weight excluding hydrogens is 434 g/mol. The molecule has 6 rings (SSSR count). The zero-order valence-electron chi connectivity index (χ0n) is 20.5. The maximum absolute atomic E-state index is 5.18. The van der Waals surface area contributed by atoms with Crippen molar-refractivity contribution in [2.45, 2.75) is 51.2 Å². The Hall–Kier alpha value is -3.45. The first-order chi connectivity index (χ1) is 17.2. The van der Waals surface area contributed by atoms with Gasteiger partial charge < -0.3 is 10.2 Å². The fourth-order valence-electron chi connectivity index (χ4n) is 5.60. The van der Waals surface area contributed by atoms with Crippen molar-refractivity contribution >= 4 is 17.4 Å². The molecule has 0 radical (unpaired) electrons. The van der Waals surface area contributed by atoms with Crippen molar-refractivity contribution in [3.8, 4) is 11.3 Å². The minimum atomic E-state index is 0.160. The van der Waals surface area contributed by atoms with Gasteiger partial charge in [0.25, 0.3) is 0 Å². The van der Waals surface area contributed by atoms with E-state index in [1.54, 1.807) is 0 Å². The van der Waals surface area contributed by atoms with Gasteiger partial charge >= 0.3 is 0 Å². The van der Waals surface area contributed by atoms with E-state index >= 15 is 0 Å². The van der Waals surface area contributed by atoms with Crippen molar-refractivity contribution in [2.24, 2.45) is 0 Å². The second-order valence-corrected chi connectivity index (χ2v) is 9.85. The number of nitrogens with one attached hydrogen (secondary N) is 1. The van der Waals surface area contributed by atoms with Gasteiger partial charge in [0, 0.05) is 61.4 Å². The SMILES string of the molecule is CCCCN1C[C@@H]2C[C@H]1CN2c1nc(-c2ccnc(NC(C)c3ccccc3)c2)cc2nccn12. The van der Waals surface area contributed by atoms with Gasteiger partial charge in [0.2, 0.25) is 5.95 Å². The molecule has 0 saturated carbocycles. The Balaban J connectivity index is 1.28. The number of hydrogen-bond donors (Lipinski definition) is 1. The highest BCUT2D eigenvalue weighted by molar-refractivity contribution is 5.68. The summed E-state index contributed by atoms with van der Waals surface area (Å²) in [6.45, 7) is 7.81. The Labute approximate surface area is 206 Å². The highest BCUT2D eigenvalue weighted by Gasteiger charge is 2.44. The van der Waals surface area contributed by atoms with Crippen LogP contribution in [-0.2, 0) is 0 Å². The molecule has 7 heteroatoms. The highest BCUT2D eigenvalue weighted by atomic mass is 15.4. The molecule has 2 fully saturated rings. The number of pyridine rings is 1. The molecule has 2 aliphatic rings. The van der Waals surface area contributed by atoms with Gasteiger partial charge in [-0.3, -0.25) is 9.30 Å². The van der Waals surface area contributed by atoms with Crippen molar-refractivity contribution in [3.05, 3.63) is 72.7 Å². The van der Waals surface area contributed by atoms with E-state index in [0.717, 1.165) is 41.8 Å². The minimum absolute atomic E-state index is 0.160. The molecule has 4 aromatic rings. The summed E-state index contributed by atoms with van der Waals surface area (Å²) in [7, 11) is 0. The van der Waals surface area contributed by atoms with Crippen molar-refractivity contribution in [3.63, 3.8) is 0 Å². The molecule has 2 aliphatic heterocycles. The van der Waals surface area contributed by atoms with Crippen LogP contribution in [0.4, 0.5) is 11.8 Å². The van der Waals surface area contributed by atoms with Crippen LogP contribution < -0.4 is 10.2 Å². The van der Waals surface area contributed by atoms with Crippen LogP contribution in [0.3, 0.4) is 0 Å². The van der Waals surface area contributed by atoms with Gasteiger partial charge in [-0.05, 0) is 44.0 Å². The average Bonchev–Trinajstić information content (AvgIpc) is 3.63. The number of anilines is 2. The molecular formula is C28H33N7. The number of benzene rings is 1. The lowest BCUT2D eigenvalue weighted by Crippen LogP contribution is -2.47. The normalized spacial score (nSPS) is 20.6. The lowest BCUT2D eigenvalue weighted by Gasteiger charge is -2.35. The van der Waals surface area contributed by atoms with Crippen LogP contribution in [0.2, 0.25) is 0 Å². The van der Waals surface area contributed by atoms with Crippen molar-refractivity contribution < 1.29 is 0 Å². The fraction of sp³-hybridized carbons (Fsp3) is 0.393. The van der Waals surface area contributed by atoms with E-state index in [2.05, 4.69) is 79.7 Å². The number of aromatic nitrogens is 4. The molecule has 35 heavy (non-hydrogen) atoms. The lowest BCUT2D eigenvalue weighted by molar-refractivity contribution is 0.234. The number of imidazole rings is 1. The third kappa shape index (κ3) is 4.25. The maximum atomic E-state index is 5.18. The van der Waals surface area contributed by atoms with Gasteiger partial charge in [-0.15, -0.1) is 0 Å². The molecule has 3 atom stereocenters. The van der Waals surface area contributed by atoms with E-state index in [9.17, 15) is 0 Å². The van der Waals surface area contributed by atoms with E-state index in [1.807, 2.05) is 30.7 Å². The number of hydrogen-bond acceptors (Lipinski definition) is 6. The quantitative estimate of drug-likeness (QED) is 0.392. The second kappa shape index (κ2) is 9.30. The van der Waals surface area contributed by atoms with Gasteiger partial charge in [0.15, 0.2) is 0 Å². The Kier molecular flexibility index (Phi) is 5.86. The fourth-order valence-corrected chi connectivity index (χ4v) is 5.60. The maximum Gasteiger partial charge on any atom is 0.212 e. The number of likely N-dealkylation sites (tertiary alicyclic amines) is 1. The summed E-state index contributed by atoms with van der Waals surface area (Å²) in [6.07, 6.45) is 9.52. The summed E-state index contributed by atoms with van der Waals surface area (Å²) in [5.74, 6) is 1.85. The first-order valence-electron chi connectivity index (χ1n) is 12.8. The number of fused-ring (bicyclic) bond motifs is 3. The van der Waals surface area contributed by atoms with Crippen LogP contribution in [0.5, 0.6) is 0 Å². The van der Waals surface area contributed by atoms with E-state index in [0.29, 0.717) is 12.1 Å². The summed E-state index contributed by atoms with van der Waals surface area (Å²) in [4.78, 5) is 19.6. The largest absolute Gasteiger partial charge is 0.364 e. The monoisotopic (exact) mass is 467 g/mol. The molecule has 0 spiro atoms. The standard InChI is InChI=1S/C28H33N7/c1-3-4-13-33-18-24-16-23(33)19-35(24)28-32-25(17-27-30-12-14-34(27)28)22-10-11-29-26(15-22)31-20(2)21-8-6-5-7-9-21/h5-12,14-15,17,20,23-24H,3-4,13,16,18-19H2,1-2H3,(H,29,31)/t20?,23-,24-/m0/s1. The first-order valence-corrected chi connectivity index (χ1v) is 12.8. The summed E-state index contributed by atoms with van der Waals surface area (Å²) >= 11 is 0. The smallest absolute Gasteiger partial charge is 0.212 e. The molecule has 1 aromatic carbocycles. The second-order valence-electron chi connectivity index (χ2n) is 9.85. The van der Waals surface area contributed by atoms with Crippen molar-refractivity contribution in [1.29, 1.82) is 0 Å². The summed E-state index contributed by atoms with van der Waals surface area (Å²) < 4.78 is 2.14. The van der Waals surface area contributed by atoms with Crippen molar-refractivity contribution in [1.82, 2.24) is 24.3 Å². The van der Waals surface area contributed by atoms with Gasteiger partial charge in [-0.1, -0.05) is 43.7 Å². The van der Waals surface area contributed by atoms with Crippen LogP contribution in [0.25, 0.3) is 16.9 Å². The number of nitrogens with zero attached hydrogens (tertiary/aromatic N) is 6. The zero-order valence-corrected chi connectivity index (χ0v) is 20.5. The molecule has 1 N–H and O–H groups in total. The molecule has 2 saturated heterocycles. The van der Waals surface area contributed by atoms with Crippen LogP contribution in [0, 0.1) is 0 Å². The summed E-state index contributed by atoms with van der Waals surface area (Å²) in [5.41, 5.74) is 4.14. The molecule has 2 bridgehead atoms. The topological polar surface area (TPSA) is 61.6 Å². The summed E-state index contributed by atoms with van der Waals surface area (Å²) in [5, 5.41) is 3.54. The highest BCUT2D eigenvalue weighted by Crippen LogP contribution is 2.35. The Bertz CT molecular complexity index is 1300. The van der Waals surface area contributed by atoms with Gasteiger partial charge in [-0.2, -0.15) is 0 Å². The van der Waals surface area contributed by atoms with Crippen molar-refractivity contribution in [2.75, 3.05) is 29.9 Å². The van der Waals surface area contributed by atoms with Gasteiger partial charge in [0.05, 0.1) is 5.69 Å². The number of unbranched alkanes of at least 4 members (excludes halogenated alkanes) is 1.